The number of nitrogens with zero attached hydrogens (tertiary/aromatic N) is 2. The Kier molecular flexibility index (Phi) is 7.01. The first-order valence-electron chi connectivity index (χ1n) is 9.18. The van der Waals surface area contributed by atoms with Gasteiger partial charge in [0.25, 0.3) is 5.91 Å². The molecule has 0 spiro atoms. The van der Waals surface area contributed by atoms with E-state index in [-0.39, 0.29) is 28.7 Å². The number of amides is 2. The molecule has 0 unspecified atom stereocenters. The number of benzene rings is 2. The first kappa shape index (κ1) is 23.1. The van der Waals surface area contributed by atoms with Crippen LogP contribution in [0.15, 0.2) is 54.9 Å². The van der Waals surface area contributed by atoms with Crippen LogP contribution in [0.4, 0.5) is 17.1 Å². The number of methoxy groups -OCH3 is 1. The molecule has 0 bridgehead atoms. The summed E-state index contributed by atoms with van der Waals surface area (Å²) in [4.78, 5) is 24.7. The normalized spacial score (nSPS) is 11.0. The number of carbonyl (C=O) groups excluding carboxylic acids is 2. The number of hydrogen-bond donors (Lipinski definition) is 3. The van der Waals surface area contributed by atoms with Crippen molar-refractivity contribution in [1.29, 1.82) is 0 Å². The standard InChI is InChI=1S/C20H20ClN5O5S/c1-31-16-6-4-14(5-7-16)23-19(27)12-26-11-15(10-22-26)24-20(28)13-3-8-17(21)18(9-13)25-32(2,29)30/h3-11,25H,12H2,1-2H3,(H,23,27)(H,24,28). The predicted molar refractivity (Wildman–Crippen MR) is 122 cm³/mol. The third kappa shape index (κ3) is 6.46. The van der Waals surface area contributed by atoms with Gasteiger partial charge < -0.3 is 15.4 Å². The Balaban J connectivity index is 1.61. The topological polar surface area (TPSA) is 131 Å². The molecule has 3 rings (SSSR count). The molecule has 0 fully saturated rings. The SMILES string of the molecule is COc1ccc(NC(=O)Cn2cc(NC(=O)c3ccc(Cl)c(NS(C)(=O)=O)c3)cn2)cc1. The fourth-order valence-corrected chi connectivity index (χ4v) is 3.47. The minimum Gasteiger partial charge on any atom is -0.497 e. The molecule has 1 aromatic heterocycles. The van der Waals surface area contributed by atoms with E-state index in [0.29, 0.717) is 17.1 Å². The Morgan fingerprint density at radius 1 is 1.09 bits per heavy atom. The van der Waals surface area contributed by atoms with Crippen LogP contribution in [0.3, 0.4) is 0 Å². The van der Waals surface area contributed by atoms with Gasteiger partial charge in [-0.1, -0.05) is 11.6 Å². The molecule has 0 saturated carbocycles. The summed E-state index contributed by atoms with van der Waals surface area (Å²) in [6.45, 7) is -0.0642. The first-order valence-corrected chi connectivity index (χ1v) is 11.4. The van der Waals surface area contributed by atoms with Crippen molar-refractivity contribution in [3.63, 3.8) is 0 Å². The number of halogens is 1. The van der Waals surface area contributed by atoms with E-state index in [1.807, 2.05) is 0 Å². The van der Waals surface area contributed by atoms with Gasteiger partial charge >= 0.3 is 0 Å². The molecular formula is C20H20ClN5O5S. The molecule has 0 aliphatic rings. The highest BCUT2D eigenvalue weighted by Gasteiger charge is 2.13. The van der Waals surface area contributed by atoms with Gasteiger partial charge in [0.2, 0.25) is 15.9 Å². The average molecular weight is 478 g/mol. The van der Waals surface area contributed by atoms with E-state index in [1.165, 1.54) is 35.3 Å². The van der Waals surface area contributed by atoms with Gasteiger partial charge in [-0.15, -0.1) is 0 Å². The van der Waals surface area contributed by atoms with Crippen LogP contribution in [0.1, 0.15) is 10.4 Å². The Bertz CT molecular complexity index is 1240. The maximum atomic E-state index is 12.5. The number of nitrogens with one attached hydrogen (secondary N) is 3. The van der Waals surface area contributed by atoms with Crippen molar-refractivity contribution >= 4 is 50.5 Å². The first-order chi connectivity index (χ1) is 15.1. The lowest BCUT2D eigenvalue weighted by molar-refractivity contribution is -0.116. The molecule has 3 aromatic rings. The van der Waals surface area contributed by atoms with Crippen molar-refractivity contribution < 1.29 is 22.7 Å². The molecule has 0 aliphatic carbocycles. The number of carbonyl (C=O) groups is 2. The number of anilines is 3. The van der Waals surface area contributed by atoms with Crippen LogP contribution < -0.4 is 20.1 Å². The highest BCUT2D eigenvalue weighted by atomic mass is 35.5. The second-order valence-corrected chi connectivity index (χ2v) is 8.88. The molecule has 2 amide bonds. The molecule has 32 heavy (non-hydrogen) atoms. The molecule has 2 aromatic carbocycles. The van der Waals surface area contributed by atoms with Crippen LogP contribution in [0.5, 0.6) is 5.75 Å². The number of sulfonamides is 1. The Morgan fingerprint density at radius 2 is 1.81 bits per heavy atom. The maximum absolute atomic E-state index is 12.5. The monoisotopic (exact) mass is 477 g/mol. The molecule has 1 heterocycles. The van der Waals surface area contributed by atoms with Crippen molar-refractivity contribution in [2.75, 3.05) is 28.7 Å². The van der Waals surface area contributed by atoms with Gasteiger partial charge in [0.1, 0.15) is 12.3 Å². The summed E-state index contributed by atoms with van der Waals surface area (Å²) in [6.07, 6.45) is 3.87. The van der Waals surface area contributed by atoms with Crippen LogP contribution in [-0.4, -0.2) is 43.4 Å². The molecule has 0 atom stereocenters. The van der Waals surface area contributed by atoms with Gasteiger partial charge in [0.15, 0.2) is 0 Å². The number of ether oxygens (including phenoxy) is 1. The Labute approximate surface area is 189 Å². The van der Waals surface area contributed by atoms with E-state index in [2.05, 4.69) is 20.5 Å². The van der Waals surface area contributed by atoms with Gasteiger partial charge in [-0.2, -0.15) is 5.10 Å². The van der Waals surface area contributed by atoms with E-state index in [0.717, 1.165) is 6.26 Å². The van der Waals surface area contributed by atoms with E-state index in [4.69, 9.17) is 16.3 Å². The second-order valence-electron chi connectivity index (χ2n) is 6.73. The molecule has 168 valence electrons. The highest BCUT2D eigenvalue weighted by molar-refractivity contribution is 7.92. The minimum atomic E-state index is -3.56. The summed E-state index contributed by atoms with van der Waals surface area (Å²) < 4.78 is 31.6. The summed E-state index contributed by atoms with van der Waals surface area (Å²) in [5, 5.41) is 9.59. The zero-order valence-electron chi connectivity index (χ0n) is 17.1. The third-order valence-electron chi connectivity index (χ3n) is 4.09. The largest absolute Gasteiger partial charge is 0.497 e. The molecular weight excluding hydrogens is 458 g/mol. The van der Waals surface area contributed by atoms with Crippen molar-refractivity contribution in [2.45, 2.75) is 6.54 Å². The molecule has 0 saturated heterocycles. The summed E-state index contributed by atoms with van der Waals surface area (Å²) in [6, 6.07) is 11.1. The average Bonchev–Trinajstić information content (AvgIpc) is 3.15. The lowest BCUT2D eigenvalue weighted by Crippen LogP contribution is -2.19. The van der Waals surface area contributed by atoms with Gasteiger partial charge in [-0.25, -0.2) is 8.42 Å². The van der Waals surface area contributed by atoms with Crippen LogP contribution in [0.25, 0.3) is 0 Å². The van der Waals surface area contributed by atoms with Crippen LogP contribution in [0.2, 0.25) is 5.02 Å². The third-order valence-corrected chi connectivity index (χ3v) is 5.01. The molecule has 10 nitrogen and oxygen atoms in total. The summed E-state index contributed by atoms with van der Waals surface area (Å²) in [5.41, 5.74) is 1.25. The minimum absolute atomic E-state index is 0.0642. The van der Waals surface area contributed by atoms with Crippen molar-refractivity contribution in [3.8, 4) is 5.75 Å². The molecule has 12 heteroatoms. The number of hydrogen-bond acceptors (Lipinski definition) is 6. The fraction of sp³-hybridized carbons (Fsp3) is 0.150. The Morgan fingerprint density at radius 3 is 2.47 bits per heavy atom. The smallest absolute Gasteiger partial charge is 0.255 e. The van der Waals surface area contributed by atoms with E-state index in [1.54, 1.807) is 31.4 Å². The summed E-state index contributed by atoms with van der Waals surface area (Å²) >= 11 is 5.98. The zero-order valence-corrected chi connectivity index (χ0v) is 18.7. The molecule has 3 N–H and O–H groups in total. The van der Waals surface area contributed by atoms with Gasteiger partial charge in [0, 0.05) is 17.4 Å². The lowest BCUT2D eigenvalue weighted by Gasteiger charge is -2.09. The predicted octanol–water partition coefficient (Wildman–Crippen LogP) is 2.81. The zero-order chi connectivity index (χ0) is 23.3. The van der Waals surface area contributed by atoms with Gasteiger partial charge in [0.05, 0.1) is 36.0 Å². The number of rotatable bonds is 8. The Hall–Kier alpha value is -3.57. The fourth-order valence-electron chi connectivity index (χ4n) is 2.68. The van der Waals surface area contributed by atoms with Crippen molar-refractivity contribution in [2.24, 2.45) is 0 Å². The number of aromatic nitrogens is 2. The van der Waals surface area contributed by atoms with Crippen molar-refractivity contribution in [3.05, 3.63) is 65.4 Å². The van der Waals surface area contributed by atoms with E-state index in [9.17, 15) is 18.0 Å². The van der Waals surface area contributed by atoms with E-state index < -0.39 is 15.9 Å². The molecule has 0 radical (unpaired) electrons. The van der Waals surface area contributed by atoms with Crippen LogP contribution in [0, 0.1) is 0 Å². The second kappa shape index (κ2) is 9.71. The van der Waals surface area contributed by atoms with E-state index >= 15 is 0 Å². The van der Waals surface area contributed by atoms with Crippen molar-refractivity contribution in [1.82, 2.24) is 9.78 Å². The van der Waals surface area contributed by atoms with Gasteiger partial charge in [-0.05, 0) is 42.5 Å². The summed E-state index contributed by atoms with van der Waals surface area (Å²) in [5.74, 6) is -0.124. The van der Waals surface area contributed by atoms with Crippen LogP contribution >= 0.6 is 11.6 Å². The van der Waals surface area contributed by atoms with Gasteiger partial charge in [-0.3, -0.25) is 19.0 Å². The van der Waals surface area contributed by atoms with Crippen LogP contribution in [-0.2, 0) is 21.4 Å². The highest BCUT2D eigenvalue weighted by Crippen LogP contribution is 2.24. The molecule has 0 aliphatic heterocycles. The maximum Gasteiger partial charge on any atom is 0.255 e. The quantitative estimate of drug-likeness (QED) is 0.457. The summed E-state index contributed by atoms with van der Waals surface area (Å²) in [7, 11) is -2.00. The lowest BCUT2D eigenvalue weighted by atomic mass is 10.2.